The number of alkyl halides is 3. The van der Waals surface area contributed by atoms with Crippen molar-refractivity contribution in [2.45, 2.75) is 39.1 Å². The average Bonchev–Trinajstić information content (AvgIpc) is 2.82. The van der Waals surface area contributed by atoms with E-state index >= 15 is 0 Å². The van der Waals surface area contributed by atoms with Crippen molar-refractivity contribution in [3.63, 3.8) is 0 Å². The third kappa shape index (κ3) is 7.24. The maximum Gasteiger partial charge on any atom is 0.573 e. The molecule has 1 amide bonds. The monoisotopic (exact) mass is 501 g/mol. The van der Waals surface area contributed by atoms with Gasteiger partial charge in [0.2, 0.25) is 0 Å². The molecule has 9 heteroatoms. The van der Waals surface area contributed by atoms with Crippen molar-refractivity contribution in [1.29, 1.82) is 0 Å². The van der Waals surface area contributed by atoms with Crippen LogP contribution in [-0.4, -0.2) is 25.3 Å². The molecule has 3 aromatic rings. The number of hydrogen-bond acceptors (Lipinski definition) is 5. The summed E-state index contributed by atoms with van der Waals surface area (Å²) in [6.07, 6.45) is -4.79. The lowest BCUT2D eigenvalue weighted by Gasteiger charge is -2.23. The van der Waals surface area contributed by atoms with E-state index in [1.165, 1.54) is 17.0 Å². The molecule has 0 N–H and O–H groups in total. The Bertz CT molecular complexity index is 1200. The number of benzene rings is 3. The summed E-state index contributed by atoms with van der Waals surface area (Å²) < 4.78 is 51.3. The highest BCUT2D eigenvalue weighted by Crippen LogP contribution is 2.30. The summed E-state index contributed by atoms with van der Waals surface area (Å²) in [4.78, 5) is 26.2. The largest absolute Gasteiger partial charge is 0.573 e. The molecule has 0 saturated heterocycles. The number of nitrogens with zero attached hydrogens (tertiary/aromatic N) is 1. The van der Waals surface area contributed by atoms with Gasteiger partial charge in [0.05, 0.1) is 13.7 Å². The Hall–Kier alpha value is -4.01. The van der Waals surface area contributed by atoms with E-state index < -0.39 is 18.2 Å². The van der Waals surface area contributed by atoms with Crippen LogP contribution >= 0.6 is 0 Å². The zero-order valence-corrected chi connectivity index (χ0v) is 20.3. The molecule has 6 nitrogen and oxygen atoms in total. The number of ether oxygens (including phenoxy) is 3. The van der Waals surface area contributed by atoms with Crippen LogP contribution in [0, 0.1) is 0 Å². The average molecular weight is 502 g/mol. The molecule has 0 aliphatic carbocycles. The zero-order valence-electron chi connectivity index (χ0n) is 20.3. The van der Waals surface area contributed by atoms with Gasteiger partial charge in [-0.05, 0) is 52.9 Å². The van der Waals surface area contributed by atoms with Gasteiger partial charge in [-0.25, -0.2) is 4.79 Å². The Morgan fingerprint density at radius 2 is 1.44 bits per heavy atom. The Balaban J connectivity index is 1.84. The van der Waals surface area contributed by atoms with E-state index in [-0.39, 0.29) is 23.5 Å². The number of carbonyl (C=O) groups is 2. The van der Waals surface area contributed by atoms with Crippen LogP contribution in [0.15, 0.2) is 72.8 Å². The Morgan fingerprint density at radius 3 is 2.00 bits per heavy atom. The minimum Gasteiger partial charge on any atom is -0.462 e. The van der Waals surface area contributed by atoms with Gasteiger partial charge in [-0.1, -0.05) is 51.1 Å². The van der Waals surface area contributed by atoms with Crippen LogP contribution in [0.2, 0.25) is 0 Å². The predicted molar refractivity (Wildman–Crippen MR) is 128 cm³/mol. The van der Waals surface area contributed by atoms with Crippen LogP contribution in [0.25, 0.3) is 0 Å². The first kappa shape index (κ1) is 26.6. The van der Waals surface area contributed by atoms with Crippen molar-refractivity contribution in [1.82, 2.24) is 0 Å². The third-order valence-corrected chi connectivity index (χ3v) is 5.19. The van der Waals surface area contributed by atoms with E-state index in [1.807, 2.05) is 24.3 Å². The summed E-state index contributed by atoms with van der Waals surface area (Å²) in [5.41, 5.74) is 2.26. The molecule has 0 unspecified atom stereocenters. The van der Waals surface area contributed by atoms with E-state index in [0.29, 0.717) is 11.4 Å². The second-order valence-corrected chi connectivity index (χ2v) is 8.95. The topological polar surface area (TPSA) is 65.1 Å². The quantitative estimate of drug-likeness (QED) is 0.290. The van der Waals surface area contributed by atoms with Gasteiger partial charge in [-0.15, -0.1) is 13.2 Å². The SMILES string of the molecule is COC(=O)C(=O)N(Cc1ccc(C(C)(C)C)cc1)c1cccc(Oc2ccc(OC(F)(F)F)cc2)c1. The van der Waals surface area contributed by atoms with E-state index in [4.69, 9.17) is 4.74 Å². The number of esters is 1. The molecule has 0 atom stereocenters. The van der Waals surface area contributed by atoms with Crippen molar-refractivity contribution in [2.75, 3.05) is 12.0 Å². The standard InChI is InChI=1S/C27H26F3NO5/c1-26(2,3)19-10-8-18(9-11-19)17-31(24(32)25(33)34-4)20-6-5-7-23(16-20)35-21-12-14-22(15-13-21)36-27(28,29)30/h5-16H,17H2,1-4H3. The molecule has 0 aliphatic heterocycles. The number of methoxy groups -OCH3 is 1. The molecular weight excluding hydrogens is 475 g/mol. The van der Waals surface area contributed by atoms with Crippen molar-refractivity contribution in [2.24, 2.45) is 0 Å². The maximum absolute atomic E-state index is 12.8. The molecule has 36 heavy (non-hydrogen) atoms. The van der Waals surface area contributed by atoms with Gasteiger partial charge in [0.25, 0.3) is 0 Å². The molecule has 0 aromatic heterocycles. The highest BCUT2D eigenvalue weighted by molar-refractivity contribution is 6.38. The molecule has 3 rings (SSSR count). The summed E-state index contributed by atoms with van der Waals surface area (Å²) in [6, 6.07) is 19.1. The van der Waals surface area contributed by atoms with E-state index in [2.05, 4.69) is 30.2 Å². The lowest BCUT2D eigenvalue weighted by atomic mass is 9.87. The van der Waals surface area contributed by atoms with Gasteiger partial charge < -0.3 is 14.2 Å². The minimum absolute atomic E-state index is 0.0389. The van der Waals surface area contributed by atoms with Gasteiger partial charge in [0, 0.05) is 11.8 Å². The van der Waals surface area contributed by atoms with Gasteiger partial charge in [-0.2, -0.15) is 0 Å². The van der Waals surface area contributed by atoms with Crippen molar-refractivity contribution in [3.8, 4) is 17.2 Å². The molecule has 0 saturated carbocycles. The van der Waals surface area contributed by atoms with E-state index in [1.54, 1.807) is 24.3 Å². The minimum atomic E-state index is -4.79. The number of amides is 1. The smallest absolute Gasteiger partial charge is 0.462 e. The summed E-state index contributed by atoms with van der Waals surface area (Å²) in [5, 5.41) is 0. The first-order valence-corrected chi connectivity index (χ1v) is 11.0. The third-order valence-electron chi connectivity index (χ3n) is 5.19. The lowest BCUT2D eigenvalue weighted by Crippen LogP contribution is -2.36. The fourth-order valence-corrected chi connectivity index (χ4v) is 3.33. The Kier molecular flexibility index (Phi) is 7.92. The van der Waals surface area contributed by atoms with Gasteiger partial charge in [-0.3, -0.25) is 9.69 Å². The predicted octanol–water partition coefficient (Wildman–Crippen LogP) is 6.38. The molecule has 0 aliphatic rings. The molecule has 190 valence electrons. The second kappa shape index (κ2) is 10.7. The zero-order chi connectivity index (χ0) is 26.5. The van der Waals surface area contributed by atoms with E-state index in [9.17, 15) is 22.8 Å². The molecule has 0 heterocycles. The second-order valence-electron chi connectivity index (χ2n) is 8.95. The normalized spacial score (nSPS) is 11.5. The van der Waals surface area contributed by atoms with Gasteiger partial charge in [0.15, 0.2) is 0 Å². The Morgan fingerprint density at radius 1 is 0.833 bits per heavy atom. The molecule has 0 bridgehead atoms. The Labute approximate surface area is 207 Å². The van der Waals surface area contributed by atoms with Gasteiger partial charge >= 0.3 is 18.2 Å². The van der Waals surface area contributed by atoms with Gasteiger partial charge in [0.1, 0.15) is 17.2 Å². The van der Waals surface area contributed by atoms with Crippen molar-refractivity contribution in [3.05, 3.63) is 83.9 Å². The van der Waals surface area contributed by atoms with E-state index in [0.717, 1.165) is 30.4 Å². The summed E-state index contributed by atoms with van der Waals surface area (Å²) in [5.74, 6) is -1.69. The van der Waals surface area contributed by atoms with Crippen LogP contribution in [0.4, 0.5) is 18.9 Å². The summed E-state index contributed by atoms with van der Waals surface area (Å²) >= 11 is 0. The van der Waals surface area contributed by atoms with Crippen LogP contribution in [0.1, 0.15) is 31.9 Å². The first-order chi connectivity index (χ1) is 16.9. The number of rotatable bonds is 6. The lowest BCUT2D eigenvalue weighted by molar-refractivity contribution is -0.274. The van der Waals surface area contributed by atoms with Crippen molar-refractivity contribution >= 4 is 17.6 Å². The fraction of sp³-hybridized carbons (Fsp3) is 0.259. The number of carbonyl (C=O) groups excluding carboxylic acids is 2. The highest BCUT2D eigenvalue weighted by Gasteiger charge is 2.31. The highest BCUT2D eigenvalue weighted by atomic mass is 19.4. The number of halogens is 3. The fourth-order valence-electron chi connectivity index (χ4n) is 3.33. The van der Waals surface area contributed by atoms with Crippen LogP contribution < -0.4 is 14.4 Å². The number of anilines is 1. The molecule has 0 fully saturated rings. The summed E-state index contributed by atoms with van der Waals surface area (Å²) in [6.45, 7) is 6.39. The molecular formula is C27H26F3NO5. The van der Waals surface area contributed by atoms with Crippen LogP contribution in [0.3, 0.4) is 0 Å². The maximum atomic E-state index is 12.8. The van der Waals surface area contributed by atoms with Crippen molar-refractivity contribution < 1.29 is 37.0 Å². The molecule has 0 radical (unpaired) electrons. The van der Waals surface area contributed by atoms with Crippen LogP contribution in [0.5, 0.6) is 17.2 Å². The van der Waals surface area contributed by atoms with Crippen LogP contribution in [-0.2, 0) is 26.3 Å². The molecule has 0 spiro atoms. The number of hydrogen-bond donors (Lipinski definition) is 0. The summed E-state index contributed by atoms with van der Waals surface area (Å²) in [7, 11) is 1.13. The first-order valence-electron chi connectivity index (χ1n) is 11.0. The molecule has 3 aromatic carbocycles.